The highest BCUT2D eigenvalue weighted by atomic mass is 16.3. The molecule has 0 unspecified atom stereocenters. The molecule has 3 heteroatoms. The van der Waals surface area contributed by atoms with Crippen molar-refractivity contribution in [1.82, 2.24) is 5.43 Å². The van der Waals surface area contributed by atoms with Crippen molar-refractivity contribution in [3.05, 3.63) is 0 Å². The van der Waals surface area contributed by atoms with Crippen LogP contribution in [0.25, 0.3) is 0 Å². The van der Waals surface area contributed by atoms with E-state index in [1.165, 1.54) is 0 Å². The van der Waals surface area contributed by atoms with Crippen molar-refractivity contribution in [2.24, 2.45) is 5.10 Å². The van der Waals surface area contributed by atoms with E-state index in [1.54, 1.807) is 6.21 Å². The molecule has 0 aromatic carbocycles. The van der Waals surface area contributed by atoms with Gasteiger partial charge in [-0.2, -0.15) is 5.10 Å². The predicted octanol–water partition coefficient (Wildman–Crippen LogP) is -0.0359. The highest BCUT2D eigenvalue weighted by Gasteiger charge is 1.71. The number of aliphatic hydroxyl groups excluding tert-OH is 1. The minimum atomic E-state index is 0.140. The Hall–Kier alpha value is -0.570. The zero-order chi connectivity index (χ0) is 6.24. The van der Waals surface area contributed by atoms with E-state index < -0.39 is 0 Å². The molecule has 0 aromatic rings. The lowest BCUT2D eigenvalue weighted by molar-refractivity contribution is 0.293. The van der Waals surface area contributed by atoms with Crippen LogP contribution in [0.3, 0.4) is 0 Å². The van der Waals surface area contributed by atoms with Crippen LogP contribution in [0, 0.1) is 0 Å². The van der Waals surface area contributed by atoms with Crippen LogP contribution in [0.1, 0.15) is 13.3 Å². The molecule has 0 saturated carbocycles. The first-order valence-electron chi connectivity index (χ1n) is 2.77. The van der Waals surface area contributed by atoms with Crippen molar-refractivity contribution in [2.45, 2.75) is 13.3 Å². The van der Waals surface area contributed by atoms with Gasteiger partial charge >= 0.3 is 0 Å². The number of hydrogen-bond acceptors (Lipinski definition) is 3. The monoisotopic (exact) mass is 116 g/mol. The summed E-state index contributed by atoms with van der Waals surface area (Å²) in [5.74, 6) is 0. The van der Waals surface area contributed by atoms with Crippen molar-refractivity contribution in [3.8, 4) is 0 Å². The van der Waals surface area contributed by atoms with Gasteiger partial charge in [0.05, 0.1) is 13.2 Å². The van der Waals surface area contributed by atoms with Crippen molar-refractivity contribution in [2.75, 3.05) is 13.2 Å². The molecular formula is C5H12N2O. The summed E-state index contributed by atoms with van der Waals surface area (Å²) in [6.45, 7) is 2.68. The van der Waals surface area contributed by atoms with Gasteiger partial charge in [-0.15, -0.1) is 0 Å². The van der Waals surface area contributed by atoms with Crippen LogP contribution in [-0.2, 0) is 0 Å². The van der Waals surface area contributed by atoms with E-state index in [0.29, 0.717) is 6.54 Å². The Morgan fingerprint density at radius 3 is 3.00 bits per heavy atom. The van der Waals surface area contributed by atoms with Gasteiger partial charge in [0.1, 0.15) is 0 Å². The molecule has 0 atom stereocenters. The van der Waals surface area contributed by atoms with E-state index in [1.807, 2.05) is 6.92 Å². The number of aliphatic hydroxyl groups is 1. The quantitative estimate of drug-likeness (QED) is 0.307. The molecule has 0 saturated heterocycles. The average Bonchev–Trinajstić information content (AvgIpc) is 1.81. The molecular weight excluding hydrogens is 104 g/mol. The Labute approximate surface area is 49.4 Å². The van der Waals surface area contributed by atoms with Gasteiger partial charge in [0.15, 0.2) is 0 Å². The summed E-state index contributed by atoms with van der Waals surface area (Å²) in [6, 6.07) is 0. The van der Waals surface area contributed by atoms with Crippen LogP contribution in [0.4, 0.5) is 0 Å². The summed E-state index contributed by atoms with van der Waals surface area (Å²) in [4.78, 5) is 0. The third-order valence-corrected chi connectivity index (χ3v) is 0.589. The third-order valence-electron chi connectivity index (χ3n) is 0.589. The molecule has 0 bridgehead atoms. The first kappa shape index (κ1) is 7.43. The Bertz CT molecular complexity index is 63.4. The van der Waals surface area contributed by atoms with Crippen LogP contribution in [-0.4, -0.2) is 24.5 Å². The molecule has 48 valence electrons. The second-order valence-corrected chi connectivity index (χ2v) is 1.35. The molecule has 0 radical (unpaired) electrons. The molecule has 0 aliphatic rings. The molecule has 8 heavy (non-hydrogen) atoms. The first-order valence-corrected chi connectivity index (χ1v) is 2.77. The van der Waals surface area contributed by atoms with Crippen molar-refractivity contribution >= 4 is 6.21 Å². The van der Waals surface area contributed by atoms with E-state index in [2.05, 4.69) is 10.5 Å². The number of nitrogens with one attached hydrogen (secondary N) is 1. The largest absolute Gasteiger partial charge is 0.394 e. The standard InChI is InChI=1S/C5H12N2O/c1-2-3-6-7-4-5-8/h3,7-8H,2,4-5H2,1H3/b6-3-. The van der Waals surface area contributed by atoms with E-state index in [0.717, 1.165) is 6.42 Å². The Morgan fingerprint density at radius 1 is 1.75 bits per heavy atom. The average molecular weight is 116 g/mol. The molecule has 2 N–H and O–H groups in total. The molecule has 0 spiro atoms. The minimum absolute atomic E-state index is 0.140. The van der Waals surface area contributed by atoms with Gasteiger partial charge in [0, 0.05) is 6.21 Å². The summed E-state index contributed by atoms with van der Waals surface area (Å²) < 4.78 is 0. The van der Waals surface area contributed by atoms with Gasteiger partial charge in [-0.1, -0.05) is 6.92 Å². The molecule has 0 fully saturated rings. The Kier molecular flexibility index (Phi) is 5.97. The maximum Gasteiger partial charge on any atom is 0.0620 e. The van der Waals surface area contributed by atoms with Crippen LogP contribution in [0.5, 0.6) is 0 Å². The molecule has 0 rings (SSSR count). The second-order valence-electron chi connectivity index (χ2n) is 1.35. The molecule has 0 aromatic heterocycles. The van der Waals surface area contributed by atoms with Crippen LogP contribution in [0.2, 0.25) is 0 Å². The highest BCUT2D eigenvalue weighted by Crippen LogP contribution is 1.63. The minimum Gasteiger partial charge on any atom is -0.394 e. The number of rotatable bonds is 4. The van der Waals surface area contributed by atoms with Gasteiger partial charge in [0.25, 0.3) is 0 Å². The second kappa shape index (κ2) is 6.43. The number of hydrazone groups is 1. The number of hydrogen-bond donors (Lipinski definition) is 2. The van der Waals surface area contributed by atoms with E-state index >= 15 is 0 Å². The summed E-state index contributed by atoms with van der Waals surface area (Å²) >= 11 is 0. The summed E-state index contributed by atoms with van der Waals surface area (Å²) in [7, 11) is 0. The van der Waals surface area contributed by atoms with Gasteiger partial charge in [-0.3, -0.25) is 0 Å². The zero-order valence-electron chi connectivity index (χ0n) is 5.09. The fraction of sp³-hybridized carbons (Fsp3) is 0.800. The van der Waals surface area contributed by atoms with Crippen LogP contribution in [0.15, 0.2) is 5.10 Å². The number of nitrogens with zero attached hydrogens (tertiary/aromatic N) is 1. The van der Waals surface area contributed by atoms with Gasteiger partial charge < -0.3 is 10.5 Å². The lowest BCUT2D eigenvalue weighted by Crippen LogP contribution is -2.10. The van der Waals surface area contributed by atoms with Crippen molar-refractivity contribution in [1.29, 1.82) is 0 Å². The normalized spacial score (nSPS) is 10.2. The predicted molar refractivity (Wildman–Crippen MR) is 33.9 cm³/mol. The first-order chi connectivity index (χ1) is 3.91. The van der Waals surface area contributed by atoms with Crippen LogP contribution >= 0.6 is 0 Å². The molecule has 0 aliphatic carbocycles. The van der Waals surface area contributed by atoms with Gasteiger partial charge in [-0.05, 0) is 6.42 Å². The summed E-state index contributed by atoms with van der Waals surface area (Å²) in [6.07, 6.45) is 2.69. The smallest absolute Gasteiger partial charge is 0.0620 e. The van der Waals surface area contributed by atoms with Crippen molar-refractivity contribution in [3.63, 3.8) is 0 Å². The fourth-order valence-corrected chi connectivity index (χ4v) is 0.270. The van der Waals surface area contributed by atoms with Gasteiger partial charge in [-0.25, -0.2) is 0 Å². The lowest BCUT2D eigenvalue weighted by Gasteiger charge is -1.91. The molecule has 0 amide bonds. The molecule has 3 nitrogen and oxygen atoms in total. The summed E-state index contributed by atoms with van der Waals surface area (Å²) in [5.41, 5.74) is 2.66. The molecule has 0 aliphatic heterocycles. The highest BCUT2D eigenvalue weighted by molar-refractivity contribution is 5.55. The van der Waals surface area contributed by atoms with E-state index in [4.69, 9.17) is 5.11 Å². The Balaban J connectivity index is 2.80. The lowest BCUT2D eigenvalue weighted by atomic mass is 10.6. The third kappa shape index (κ3) is 5.43. The summed E-state index contributed by atoms with van der Waals surface area (Å²) in [5, 5.41) is 12.0. The van der Waals surface area contributed by atoms with Gasteiger partial charge in [0.2, 0.25) is 0 Å². The Morgan fingerprint density at radius 2 is 2.50 bits per heavy atom. The maximum absolute atomic E-state index is 8.23. The van der Waals surface area contributed by atoms with Crippen LogP contribution < -0.4 is 5.43 Å². The maximum atomic E-state index is 8.23. The van der Waals surface area contributed by atoms with E-state index in [9.17, 15) is 0 Å². The van der Waals surface area contributed by atoms with Crippen molar-refractivity contribution < 1.29 is 5.11 Å². The fourth-order valence-electron chi connectivity index (χ4n) is 0.270. The molecule has 0 heterocycles. The topological polar surface area (TPSA) is 44.6 Å². The SMILES string of the molecule is CC/C=N\NCCO. The van der Waals surface area contributed by atoms with E-state index in [-0.39, 0.29) is 6.61 Å². The zero-order valence-corrected chi connectivity index (χ0v) is 5.09.